The molecule has 0 amide bonds. The second-order valence-corrected chi connectivity index (χ2v) is 9.38. The minimum absolute atomic E-state index is 0.172. The predicted molar refractivity (Wildman–Crippen MR) is 141 cm³/mol. The van der Waals surface area contributed by atoms with E-state index in [1.54, 1.807) is 29.0 Å². The van der Waals surface area contributed by atoms with Gasteiger partial charge in [0.05, 0.1) is 12.0 Å². The number of hydrogen-bond donors (Lipinski definition) is 1. The standard InChI is InChI=1S/C30H30N2O4/c1-21(2)18-25-20-32(28(33)19-23-8-4-3-5-9-23)30(36)31(25)17-16-22-12-14-24(15-13-22)26-10-6-7-11-27(26)29(34)35/h3-15,20-21H,16-19H2,1-2H3,(H,34,35). The van der Waals surface area contributed by atoms with Crippen molar-refractivity contribution in [1.29, 1.82) is 0 Å². The van der Waals surface area contributed by atoms with Crippen LogP contribution in [0, 0.1) is 5.92 Å². The van der Waals surface area contributed by atoms with E-state index in [2.05, 4.69) is 13.8 Å². The van der Waals surface area contributed by atoms with Crippen LogP contribution in [0.5, 0.6) is 0 Å². The number of aromatic nitrogens is 2. The number of carboxylic acids is 1. The molecule has 1 N–H and O–H groups in total. The van der Waals surface area contributed by atoms with E-state index in [9.17, 15) is 19.5 Å². The molecule has 0 radical (unpaired) electrons. The molecule has 4 aromatic rings. The lowest BCUT2D eigenvalue weighted by molar-refractivity contribution is 0.0697. The average Bonchev–Trinajstić information content (AvgIpc) is 3.18. The van der Waals surface area contributed by atoms with Crippen molar-refractivity contribution in [2.45, 2.75) is 39.7 Å². The molecule has 184 valence electrons. The Hall–Kier alpha value is -4.19. The molecule has 0 saturated carbocycles. The number of aromatic carboxylic acids is 1. The largest absolute Gasteiger partial charge is 0.478 e. The molecule has 0 saturated heterocycles. The molecule has 0 spiro atoms. The van der Waals surface area contributed by atoms with Gasteiger partial charge in [0.2, 0.25) is 5.91 Å². The predicted octanol–water partition coefficient (Wildman–Crippen LogP) is 5.34. The lowest BCUT2D eigenvalue weighted by Crippen LogP contribution is -2.30. The van der Waals surface area contributed by atoms with Gasteiger partial charge < -0.3 is 5.11 Å². The van der Waals surface area contributed by atoms with Crippen molar-refractivity contribution in [1.82, 2.24) is 9.13 Å². The Morgan fingerprint density at radius 1 is 0.861 bits per heavy atom. The molecule has 0 bridgehead atoms. The Balaban J connectivity index is 1.54. The van der Waals surface area contributed by atoms with E-state index in [4.69, 9.17) is 0 Å². The van der Waals surface area contributed by atoms with Gasteiger partial charge in [0.15, 0.2) is 0 Å². The van der Waals surface area contributed by atoms with Gasteiger partial charge in [-0.3, -0.25) is 9.36 Å². The molecule has 1 heterocycles. The Morgan fingerprint density at radius 3 is 2.19 bits per heavy atom. The lowest BCUT2D eigenvalue weighted by Gasteiger charge is -2.10. The number of carbonyl (C=O) groups is 2. The zero-order valence-electron chi connectivity index (χ0n) is 20.6. The second-order valence-electron chi connectivity index (χ2n) is 9.38. The molecule has 0 aliphatic heterocycles. The van der Waals surface area contributed by atoms with E-state index < -0.39 is 5.97 Å². The van der Waals surface area contributed by atoms with Crippen molar-refractivity contribution in [3.63, 3.8) is 0 Å². The van der Waals surface area contributed by atoms with Crippen LogP contribution in [0.4, 0.5) is 0 Å². The van der Waals surface area contributed by atoms with Crippen molar-refractivity contribution in [3.8, 4) is 11.1 Å². The molecule has 6 heteroatoms. The van der Waals surface area contributed by atoms with E-state index >= 15 is 0 Å². The van der Waals surface area contributed by atoms with Crippen LogP contribution < -0.4 is 5.69 Å². The Morgan fingerprint density at radius 2 is 1.53 bits per heavy atom. The summed E-state index contributed by atoms with van der Waals surface area (Å²) < 4.78 is 2.95. The zero-order valence-corrected chi connectivity index (χ0v) is 20.6. The first-order chi connectivity index (χ1) is 17.3. The summed E-state index contributed by atoms with van der Waals surface area (Å²) in [5.41, 5.74) is 4.20. The minimum Gasteiger partial charge on any atom is -0.478 e. The molecule has 6 nitrogen and oxygen atoms in total. The van der Waals surface area contributed by atoms with Crippen molar-refractivity contribution >= 4 is 11.9 Å². The number of aryl methyl sites for hydroxylation is 1. The number of nitrogens with zero attached hydrogens (tertiary/aromatic N) is 2. The maximum absolute atomic E-state index is 13.2. The third-order valence-electron chi connectivity index (χ3n) is 6.19. The van der Waals surface area contributed by atoms with Crippen molar-refractivity contribution in [2.24, 2.45) is 5.92 Å². The third kappa shape index (κ3) is 5.71. The fourth-order valence-corrected chi connectivity index (χ4v) is 4.39. The van der Waals surface area contributed by atoms with Crippen LogP contribution in [0.15, 0.2) is 89.9 Å². The minimum atomic E-state index is -0.960. The molecule has 3 aromatic carbocycles. The van der Waals surface area contributed by atoms with Crippen LogP contribution in [0.2, 0.25) is 0 Å². The van der Waals surface area contributed by atoms with Crippen LogP contribution in [-0.2, 0) is 25.8 Å². The first kappa shape index (κ1) is 24.9. The van der Waals surface area contributed by atoms with E-state index in [1.165, 1.54) is 4.57 Å². The highest BCUT2D eigenvalue weighted by Crippen LogP contribution is 2.24. The van der Waals surface area contributed by atoms with Gasteiger partial charge in [0.1, 0.15) is 0 Å². The highest BCUT2D eigenvalue weighted by molar-refractivity contribution is 5.96. The highest BCUT2D eigenvalue weighted by Gasteiger charge is 2.18. The summed E-state index contributed by atoms with van der Waals surface area (Å²) in [7, 11) is 0. The summed E-state index contributed by atoms with van der Waals surface area (Å²) >= 11 is 0. The van der Waals surface area contributed by atoms with Crippen LogP contribution in [0.25, 0.3) is 11.1 Å². The first-order valence-electron chi connectivity index (χ1n) is 12.1. The summed E-state index contributed by atoms with van der Waals surface area (Å²) in [6.45, 7) is 4.63. The number of carboxylic acid groups (broad SMARTS) is 1. The number of carbonyl (C=O) groups excluding carboxylic acids is 1. The van der Waals surface area contributed by atoms with Gasteiger partial charge in [-0.05, 0) is 47.1 Å². The monoisotopic (exact) mass is 482 g/mol. The Kier molecular flexibility index (Phi) is 7.64. The topological polar surface area (TPSA) is 81.3 Å². The van der Waals surface area contributed by atoms with E-state index in [1.807, 2.05) is 60.7 Å². The summed E-state index contributed by atoms with van der Waals surface area (Å²) in [6.07, 6.45) is 3.18. The Bertz CT molecular complexity index is 1410. The molecular formula is C30H30N2O4. The molecule has 36 heavy (non-hydrogen) atoms. The fourth-order valence-electron chi connectivity index (χ4n) is 4.39. The zero-order chi connectivity index (χ0) is 25.7. The quantitative estimate of drug-likeness (QED) is 0.349. The van der Waals surface area contributed by atoms with Crippen LogP contribution >= 0.6 is 0 Å². The summed E-state index contributed by atoms with van der Waals surface area (Å²) in [5, 5.41) is 9.47. The van der Waals surface area contributed by atoms with E-state index in [0.717, 1.165) is 22.4 Å². The molecule has 0 unspecified atom stereocenters. The SMILES string of the molecule is CC(C)Cc1cn(C(=O)Cc2ccccc2)c(=O)n1CCc1ccc(-c2ccccc2C(=O)O)cc1. The fraction of sp³-hybridized carbons (Fsp3) is 0.233. The van der Waals surface area contributed by atoms with Crippen molar-refractivity contribution in [3.05, 3.63) is 118 Å². The lowest BCUT2D eigenvalue weighted by atomic mass is 9.98. The molecule has 1 aromatic heterocycles. The molecule has 4 rings (SSSR count). The van der Waals surface area contributed by atoms with Gasteiger partial charge in [0, 0.05) is 18.4 Å². The normalized spacial score (nSPS) is 11.1. The Labute approximate surface area is 210 Å². The maximum atomic E-state index is 13.2. The van der Waals surface area contributed by atoms with Crippen molar-refractivity contribution < 1.29 is 14.7 Å². The summed E-state index contributed by atoms with van der Waals surface area (Å²) in [5.74, 6) is -0.862. The van der Waals surface area contributed by atoms with Crippen LogP contribution in [-0.4, -0.2) is 26.1 Å². The summed E-state index contributed by atoms with van der Waals surface area (Å²) in [6, 6.07) is 24.1. The van der Waals surface area contributed by atoms with Gasteiger partial charge in [0.25, 0.3) is 0 Å². The van der Waals surface area contributed by atoms with Gasteiger partial charge in [-0.2, -0.15) is 0 Å². The highest BCUT2D eigenvalue weighted by atomic mass is 16.4. The second kappa shape index (κ2) is 11.0. The van der Waals surface area contributed by atoms with Gasteiger partial charge in [-0.25, -0.2) is 14.2 Å². The summed E-state index contributed by atoms with van der Waals surface area (Å²) in [4.78, 5) is 37.7. The molecule has 0 aliphatic rings. The van der Waals surface area contributed by atoms with Gasteiger partial charge >= 0.3 is 11.7 Å². The smallest absolute Gasteiger partial charge is 0.336 e. The number of imidazole rings is 1. The van der Waals surface area contributed by atoms with Crippen LogP contribution in [0.3, 0.4) is 0 Å². The molecule has 0 aliphatic carbocycles. The maximum Gasteiger partial charge on any atom is 0.336 e. The van der Waals surface area contributed by atoms with E-state index in [0.29, 0.717) is 30.9 Å². The third-order valence-corrected chi connectivity index (χ3v) is 6.19. The van der Waals surface area contributed by atoms with Crippen molar-refractivity contribution in [2.75, 3.05) is 0 Å². The van der Waals surface area contributed by atoms with Gasteiger partial charge in [-0.15, -0.1) is 0 Å². The molecule has 0 fully saturated rings. The molecular weight excluding hydrogens is 452 g/mol. The van der Waals surface area contributed by atoms with Gasteiger partial charge in [-0.1, -0.05) is 86.6 Å². The molecule has 0 atom stereocenters. The number of hydrogen-bond acceptors (Lipinski definition) is 3. The number of rotatable bonds is 9. The average molecular weight is 483 g/mol. The van der Waals surface area contributed by atoms with Crippen LogP contribution in [0.1, 0.15) is 45.8 Å². The van der Waals surface area contributed by atoms with E-state index in [-0.39, 0.29) is 23.6 Å². The number of benzene rings is 3. The first-order valence-corrected chi connectivity index (χ1v) is 12.1.